The normalized spacial score (nSPS) is 11.8. The van der Waals surface area contributed by atoms with Crippen molar-refractivity contribution in [1.82, 2.24) is 4.90 Å². The molecule has 1 atom stereocenters. The molecule has 2 N–H and O–H groups in total. The van der Waals surface area contributed by atoms with Crippen LogP contribution in [0.15, 0.2) is 22.7 Å². The summed E-state index contributed by atoms with van der Waals surface area (Å²) in [6, 6.07) is 4.92. The Hall–Kier alpha value is -1.14. The highest BCUT2D eigenvalue weighted by atomic mass is 79.9. The van der Waals surface area contributed by atoms with Crippen molar-refractivity contribution in [3.05, 3.63) is 28.2 Å². The van der Waals surface area contributed by atoms with Gasteiger partial charge in [0, 0.05) is 11.5 Å². The molecule has 0 heterocycles. The fourth-order valence-corrected chi connectivity index (χ4v) is 1.93. The molecule has 0 fully saturated rings. The Kier molecular flexibility index (Phi) is 5.10. The molecule has 1 aromatic carbocycles. The van der Waals surface area contributed by atoms with E-state index in [0.717, 1.165) is 0 Å². The molecule has 0 radical (unpaired) electrons. The number of carbonyl (C=O) groups excluding carboxylic acids is 1. The number of halogens is 1. The van der Waals surface area contributed by atoms with Crippen LogP contribution in [0.25, 0.3) is 0 Å². The second-order valence-corrected chi connectivity index (χ2v) is 5.17. The molecule has 0 saturated carbocycles. The predicted octanol–water partition coefficient (Wildman–Crippen LogP) is 2.20. The maximum absolute atomic E-state index is 12.3. The zero-order chi connectivity index (χ0) is 13.9. The largest absolute Gasteiger partial charge is 0.497 e. The van der Waals surface area contributed by atoms with Crippen molar-refractivity contribution < 1.29 is 9.53 Å². The molecule has 0 aliphatic rings. The molecule has 0 aliphatic heterocycles. The quantitative estimate of drug-likeness (QED) is 0.860. The van der Waals surface area contributed by atoms with Gasteiger partial charge in [-0.3, -0.25) is 4.79 Å². The van der Waals surface area contributed by atoms with Gasteiger partial charge >= 0.3 is 0 Å². The summed E-state index contributed by atoms with van der Waals surface area (Å²) in [4.78, 5) is 14.1. The fraction of sp³-hybridized carbons (Fsp3) is 0.333. The van der Waals surface area contributed by atoms with Crippen molar-refractivity contribution >= 4 is 39.0 Å². The summed E-state index contributed by atoms with van der Waals surface area (Å²) < 4.78 is 5.81. The van der Waals surface area contributed by atoms with Gasteiger partial charge in [-0.05, 0) is 41.1 Å². The minimum Gasteiger partial charge on any atom is -0.497 e. The predicted molar refractivity (Wildman–Crippen MR) is 79.0 cm³/mol. The van der Waals surface area contributed by atoms with Crippen molar-refractivity contribution in [2.45, 2.75) is 13.0 Å². The number of nitrogens with zero attached hydrogens (tertiary/aromatic N) is 1. The molecule has 0 aromatic heterocycles. The molecule has 98 valence electrons. The number of hydrogen-bond acceptors (Lipinski definition) is 3. The van der Waals surface area contributed by atoms with Crippen molar-refractivity contribution in [3.8, 4) is 5.75 Å². The molecule has 1 unspecified atom stereocenters. The molecule has 0 saturated heterocycles. The van der Waals surface area contributed by atoms with Gasteiger partial charge in [-0.15, -0.1) is 0 Å². The van der Waals surface area contributed by atoms with Crippen molar-refractivity contribution in [3.63, 3.8) is 0 Å². The van der Waals surface area contributed by atoms with Crippen LogP contribution in [-0.4, -0.2) is 36.0 Å². The van der Waals surface area contributed by atoms with Crippen LogP contribution in [0.4, 0.5) is 0 Å². The number of carbonyl (C=O) groups is 1. The lowest BCUT2D eigenvalue weighted by Crippen LogP contribution is -2.42. The molecule has 1 rings (SSSR count). The van der Waals surface area contributed by atoms with E-state index in [-0.39, 0.29) is 16.9 Å². The second-order valence-electron chi connectivity index (χ2n) is 3.84. The standard InChI is InChI=1S/C12H15BrN2O2S/c1-7(11(14)18)15(2)12(16)9-6-8(17-3)4-5-10(9)13/h4-7H,1-3H3,(H2,14,18). The van der Waals surface area contributed by atoms with E-state index in [1.54, 1.807) is 39.3 Å². The number of amides is 1. The zero-order valence-corrected chi connectivity index (χ0v) is 12.8. The van der Waals surface area contributed by atoms with E-state index in [1.165, 1.54) is 4.90 Å². The van der Waals surface area contributed by atoms with E-state index in [0.29, 0.717) is 15.8 Å². The first-order valence-corrected chi connectivity index (χ1v) is 6.48. The Morgan fingerprint density at radius 1 is 1.56 bits per heavy atom. The number of ether oxygens (including phenoxy) is 1. The second kappa shape index (κ2) is 6.15. The van der Waals surface area contributed by atoms with Gasteiger partial charge in [0.1, 0.15) is 5.75 Å². The Bertz CT molecular complexity index is 479. The van der Waals surface area contributed by atoms with Gasteiger partial charge in [-0.2, -0.15) is 0 Å². The van der Waals surface area contributed by atoms with Crippen LogP contribution in [-0.2, 0) is 0 Å². The van der Waals surface area contributed by atoms with Gasteiger partial charge < -0.3 is 15.4 Å². The molecule has 18 heavy (non-hydrogen) atoms. The first-order chi connectivity index (χ1) is 8.38. The van der Waals surface area contributed by atoms with Crippen LogP contribution < -0.4 is 10.5 Å². The van der Waals surface area contributed by atoms with Gasteiger partial charge in [-0.25, -0.2) is 0 Å². The maximum Gasteiger partial charge on any atom is 0.255 e. The third kappa shape index (κ3) is 3.20. The number of hydrogen-bond donors (Lipinski definition) is 1. The summed E-state index contributed by atoms with van der Waals surface area (Å²) >= 11 is 8.24. The minimum atomic E-state index is -0.300. The zero-order valence-electron chi connectivity index (χ0n) is 10.4. The Balaban J connectivity index is 3.06. The number of rotatable bonds is 4. The summed E-state index contributed by atoms with van der Waals surface area (Å²) in [5.74, 6) is 0.457. The van der Waals surface area contributed by atoms with Crippen LogP contribution in [0.2, 0.25) is 0 Å². The van der Waals surface area contributed by atoms with Crippen LogP contribution in [0.3, 0.4) is 0 Å². The molecule has 1 aromatic rings. The van der Waals surface area contributed by atoms with Crippen LogP contribution in [0, 0.1) is 0 Å². The van der Waals surface area contributed by atoms with Gasteiger partial charge in [0.2, 0.25) is 0 Å². The highest BCUT2D eigenvalue weighted by Crippen LogP contribution is 2.24. The molecule has 6 heteroatoms. The van der Waals surface area contributed by atoms with Gasteiger partial charge in [0.05, 0.1) is 23.7 Å². The van der Waals surface area contributed by atoms with E-state index in [2.05, 4.69) is 15.9 Å². The van der Waals surface area contributed by atoms with Gasteiger partial charge in [0.25, 0.3) is 5.91 Å². The highest BCUT2D eigenvalue weighted by Gasteiger charge is 2.21. The summed E-state index contributed by atoms with van der Waals surface area (Å²) in [5.41, 5.74) is 6.06. The average Bonchev–Trinajstić information content (AvgIpc) is 2.36. The molecule has 0 bridgehead atoms. The topological polar surface area (TPSA) is 55.6 Å². The molecular weight excluding hydrogens is 316 g/mol. The minimum absolute atomic E-state index is 0.166. The lowest BCUT2D eigenvalue weighted by atomic mass is 10.1. The summed E-state index contributed by atoms with van der Waals surface area (Å²) in [6.45, 7) is 1.79. The first kappa shape index (κ1) is 14.9. The molecule has 0 aliphatic carbocycles. The Morgan fingerprint density at radius 3 is 2.67 bits per heavy atom. The van der Waals surface area contributed by atoms with Crippen LogP contribution in [0.5, 0.6) is 5.75 Å². The van der Waals surface area contributed by atoms with Crippen molar-refractivity contribution in [2.24, 2.45) is 5.73 Å². The monoisotopic (exact) mass is 330 g/mol. The molecule has 1 amide bonds. The van der Waals surface area contributed by atoms with Crippen molar-refractivity contribution in [2.75, 3.05) is 14.2 Å². The van der Waals surface area contributed by atoms with Crippen molar-refractivity contribution in [1.29, 1.82) is 0 Å². The van der Waals surface area contributed by atoms with E-state index < -0.39 is 0 Å². The first-order valence-electron chi connectivity index (χ1n) is 5.28. The molecule has 4 nitrogen and oxygen atoms in total. The number of thiocarbonyl (C=S) groups is 1. The van der Waals surface area contributed by atoms with Crippen LogP contribution in [0.1, 0.15) is 17.3 Å². The number of nitrogens with two attached hydrogens (primary N) is 1. The Morgan fingerprint density at radius 2 is 2.17 bits per heavy atom. The average molecular weight is 331 g/mol. The lowest BCUT2D eigenvalue weighted by Gasteiger charge is -2.24. The highest BCUT2D eigenvalue weighted by molar-refractivity contribution is 9.10. The number of benzene rings is 1. The molecular formula is C12H15BrN2O2S. The van der Waals surface area contributed by atoms with Gasteiger partial charge in [-0.1, -0.05) is 12.2 Å². The van der Waals surface area contributed by atoms with Gasteiger partial charge in [0.15, 0.2) is 0 Å². The van der Waals surface area contributed by atoms with Crippen LogP contribution >= 0.6 is 28.1 Å². The smallest absolute Gasteiger partial charge is 0.255 e. The third-order valence-corrected chi connectivity index (χ3v) is 3.75. The number of methoxy groups -OCH3 is 1. The van der Waals surface area contributed by atoms with E-state index in [9.17, 15) is 4.79 Å². The third-order valence-electron chi connectivity index (χ3n) is 2.72. The Labute approximate surface area is 120 Å². The maximum atomic E-state index is 12.3. The lowest BCUT2D eigenvalue weighted by molar-refractivity contribution is 0.0777. The van der Waals surface area contributed by atoms with E-state index in [1.807, 2.05) is 0 Å². The summed E-state index contributed by atoms with van der Waals surface area (Å²) in [5, 5.41) is 0. The fourth-order valence-electron chi connectivity index (χ4n) is 1.35. The summed E-state index contributed by atoms with van der Waals surface area (Å²) in [6.07, 6.45) is 0. The number of likely N-dealkylation sites (N-methyl/N-ethyl adjacent to an activating group) is 1. The molecule has 0 spiro atoms. The summed E-state index contributed by atoms with van der Waals surface area (Å²) in [7, 11) is 3.22. The SMILES string of the molecule is COc1ccc(Br)c(C(=O)N(C)C(C)C(N)=S)c1. The van der Waals surface area contributed by atoms with E-state index in [4.69, 9.17) is 22.7 Å². The van der Waals surface area contributed by atoms with E-state index >= 15 is 0 Å².